The van der Waals surface area contributed by atoms with Crippen molar-refractivity contribution < 1.29 is 9.18 Å². The van der Waals surface area contributed by atoms with Crippen molar-refractivity contribution in [3.63, 3.8) is 0 Å². The van der Waals surface area contributed by atoms with Crippen LogP contribution < -0.4 is 0 Å². The van der Waals surface area contributed by atoms with E-state index in [9.17, 15) is 9.18 Å². The van der Waals surface area contributed by atoms with Crippen LogP contribution in [0.25, 0.3) is 0 Å². The molecule has 0 spiro atoms. The van der Waals surface area contributed by atoms with Gasteiger partial charge < -0.3 is 9.80 Å². The fourth-order valence-electron chi connectivity index (χ4n) is 2.52. The molecule has 1 aromatic rings. The van der Waals surface area contributed by atoms with E-state index in [4.69, 9.17) is 0 Å². The summed E-state index contributed by atoms with van der Waals surface area (Å²) in [6.45, 7) is 2.74. The van der Waals surface area contributed by atoms with Gasteiger partial charge in [0, 0.05) is 20.1 Å². The van der Waals surface area contributed by atoms with Gasteiger partial charge in [-0.15, -0.1) is 0 Å². The largest absolute Gasteiger partial charge is 0.341 e. The molecule has 0 N–H and O–H groups in total. The lowest BCUT2D eigenvalue weighted by Gasteiger charge is -2.21. The first-order chi connectivity index (χ1) is 8.99. The second-order valence-electron chi connectivity index (χ2n) is 5.20. The summed E-state index contributed by atoms with van der Waals surface area (Å²) in [4.78, 5) is 16.1. The highest BCUT2D eigenvalue weighted by Gasteiger charge is 2.24. The van der Waals surface area contributed by atoms with Crippen LogP contribution in [-0.2, 0) is 0 Å². The molecule has 1 heterocycles. The normalized spacial score (nSPS) is 19.7. The molecule has 1 fully saturated rings. The van der Waals surface area contributed by atoms with Gasteiger partial charge in [-0.1, -0.05) is 6.07 Å². The van der Waals surface area contributed by atoms with E-state index in [1.165, 1.54) is 6.07 Å². The average molecular weight is 329 g/mol. The van der Waals surface area contributed by atoms with E-state index < -0.39 is 5.82 Å². The first-order valence-corrected chi connectivity index (χ1v) is 7.16. The van der Waals surface area contributed by atoms with E-state index in [1.54, 1.807) is 24.1 Å². The summed E-state index contributed by atoms with van der Waals surface area (Å²) in [5.41, 5.74) is 0.128. The number of benzene rings is 1. The lowest BCUT2D eigenvalue weighted by molar-refractivity contribution is 0.0769. The van der Waals surface area contributed by atoms with Crippen molar-refractivity contribution in [2.75, 3.05) is 33.7 Å². The van der Waals surface area contributed by atoms with Crippen LogP contribution in [0.2, 0.25) is 0 Å². The number of hydrogen-bond acceptors (Lipinski definition) is 2. The Bertz CT molecular complexity index is 481. The summed E-state index contributed by atoms with van der Waals surface area (Å²) >= 11 is 3.11. The topological polar surface area (TPSA) is 23.6 Å². The third-order valence-electron chi connectivity index (χ3n) is 3.55. The molecule has 0 aromatic heterocycles. The third-order valence-corrected chi connectivity index (χ3v) is 4.16. The Balaban J connectivity index is 2.04. The summed E-state index contributed by atoms with van der Waals surface area (Å²) in [5, 5.41) is 0. The molecule has 19 heavy (non-hydrogen) atoms. The molecule has 0 saturated carbocycles. The molecule has 104 valence electrons. The van der Waals surface area contributed by atoms with Crippen molar-refractivity contribution in [1.29, 1.82) is 0 Å². The summed E-state index contributed by atoms with van der Waals surface area (Å²) in [5.74, 6) is -0.259. The molecule has 1 saturated heterocycles. The Morgan fingerprint density at radius 1 is 1.58 bits per heavy atom. The zero-order chi connectivity index (χ0) is 14.0. The monoisotopic (exact) mass is 328 g/mol. The third kappa shape index (κ3) is 3.34. The van der Waals surface area contributed by atoms with Gasteiger partial charge in [-0.3, -0.25) is 4.79 Å². The molecule has 1 unspecified atom stereocenters. The van der Waals surface area contributed by atoms with Gasteiger partial charge in [-0.25, -0.2) is 4.39 Å². The minimum Gasteiger partial charge on any atom is -0.341 e. The molecular formula is C14H18BrFN2O. The predicted molar refractivity (Wildman–Crippen MR) is 76.7 cm³/mol. The molecule has 2 rings (SSSR count). The first-order valence-electron chi connectivity index (χ1n) is 6.37. The molecule has 3 nitrogen and oxygen atoms in total. The number of hydrogen-bond donors (Lipinski definition) is 0. The van der Waals surface area contributed by atoms with Gasteiger partial charge in [-0.2, -0.15) is 0 Å². The van der Waals surface area contributed by atoms with E-state index in [1.807, 2.05) is 0 Å². The fraction of sp³-hybridized carbons (Fsp3) is 0.500. The highest BCUT2D eigenvalue weighted by atomic mass is 79.9. The van der Waals surface area contributed by atoms with Crippen molar-refractivity contribution in [3.05, 3.63) is 34.1 Å². The zero-order valence-electron chi connectivity index (χ0n) is 11.2. The van der Waals surface area contributed by atoms with Crippen LogP contribution in [0.15, 0.2) is 22.7 Å². The molecule has 0 radical (unpaired) electrons. The predicted octanol–water partition coefficient (Wildman–Crippen LogP) is 2.61. The van der Waals surface area contributed by atoms with Crippen molar-refractivity contribution in [2.24, 2.45) is 5.92 Å². The van der Waals surface area contributed by atoms with Crippen LogP contribution in [0.3, 0.4) is 0 Å². The minimum absolute atomic E-state index is 0.128. The second kappa shape index (κ2) is 6.01. The van der Waals surface area contributed by atoms with Gasteiger partial charge >= 0.3 is 0 Å². The van der Waals surface area contributed by atoms with Gasteiger partial charge in [0.05, 0.1) is 10.0 Å². The smallest absolute Gasteiger partial charge is 0.256 e. The SMILES string of the molecule is CN1CCC(CN(C)C(=O)c2cccc(Br)c2F)C1. The van der Waals surface area contributed by atoms with Crippen molar-refractivity contribution in [1.82, 2.24) is 9.80 Å². The number of amides is 1. The van der Waals surface area contributed by atoms with Gasteiger partial charge in [0.2, 0.25) is 0 Å². The van der Waals surface area contributed by atoms with E-state index in [2.05, 4.69) is 27.9 Å². The van der Waals surface area contributed by atoms with Gasteiger partial charge in [0.25, 0.3) is 5.91 Å². The molecule has 0 bridgehead atoms. The van der Waals surface area contributed by atoms with Crippen molar-refractivity contribution >= 4 is 21.8 Å². The number of nitrogens with zero attached hydrogens (tertiary/aromatic N) is 2. The van der Waals surface area contributed by atoms with Crippen molar-refractivity contribution in [3.8, 4) is 0 Å². The highest BCUT2D eigenvalue weighted by Crippen LogP contribution is 2.21. The van der Waals surface area contributed by atoms with Gasteiger partial charge in [0.15, 0.2) is 0 Å². The molecule has 5 heteroatoms. The van der Waals surface area contributed by atoms with Crippen LogP contribution in [0, 0.1) is 11.7 Å². The van der Waals surface area contributed by atoms with Gasteiger partial charge in [0.1, 0.15) is 5.82 Å². The summed E-state index contributed by atoms with van der Waals surface area (Å²) in [7, 11) is 3.82. The maximum atomic E-state index is 13.9. The van der Waals surface area contributed by atoms with Crippen molar-refractivity contribution in [2.45, 2.75) is 6.42 Å². The van der Waals surface area contributed by atoms with Gasteiger partial charge in [-0.05, 0) is 54.0 Å². The maximum absolute atomic E-state index is 13.9. The van der Waals surface area contributed by atoms with E-state index in [0.29, 0.717) is 16.9 Å². The number of carbonyl (C=O) groups is 1. The summed E-state index contributed by atoms with van der Waals surface area (Å²) < 4.78 is 14.2. The van der Waals surface area contributed by atoms with E-state index in [0.717, 1.165) is 19.5 Å². The molecule has 1 aromatic carbocycles. The van der Waals surface area contributed by atoms with Crippen LogP contribution in [0.4, 0.5) is 4.39 Å². The van der Waals surface area contributed by atoms with Crippen LogP contribution >= 0.6 is 15.9 Å². The van der Waals surface area contributed by atoms with Crippen LogP contribution in [0.1, 0.15) is 16.8 Å². The highest BCUT2D eigenvalue weighted by molar-refractivity contribution is 9.10. The number of carbonyl (C=O) groups excluding carboxylic acids is 1. The zero-order valence-corrected chi connectivity index (χ0v) is 12.8. The fourth-order valence-corrected chi connectivity index (χ4v) is 2.89. The van der Waals surface area contributed by atoms with E-state index in [-0.39, 0.29) is 11.5 Å². The summed E-state index contributed by atoms with van der Waals surface area (Å²) in [6.07, 6.45) is 1.09. The van der Waals surface area contributed by atoms with E-state index >= 15 is 0 Å². The van der Waals surface area contributed by atoms with Crippen LogP contribution in [-0.4, -0.2) is 49.4 Å². The molecule has 1 atom stereocenters. The summed E-state index contributed by atoms with van der Waals surface area (Å²) in [6, 6.07) is 4.80. The van der Waals surface area contributed by atoms with Crippen LogP contribution in [0.5, 0.6) is 0 Å². The molecule has 1 aliphatic rings. The molecule has 1 amide bonds. The Kier molecular flexibility index (Phi) is 4.58. The quantitative estimate of drug-likeness (QED) is 0.851. The average Bonchev–Trinajstić information content (AvgIpc) is 2.77. The number of likely N-dealkylation sites (tertiary alicyclic amines) is 1. The standard InChI is InChI=1S/C14H18BrFN2O/c1-17-7-6-10(8-17)9-18(2)14(19)11-4-3-5-12(15)13(11)16/h3-5,10H,6-9H2,1-2H3. The number of halogens is 2. The first kappa shape index (κ1) is 14.5. The maximum Gasteiger partial charge on any atom is 0.256 e. The molecular weight excluding hydrogens is 311 g/mol. The second-order valence-corrected chi connectivity index (χ2v) is 6.06. The lowest BCUT2D eigenvalue weighted by atomic mass is 10.1. The Labute approximate surface area is 121 Å². The molecule has 1 aliphatic heterocycles. The Hall–Kier alpha value is -0.940. The number of rotatable bonds is 3. The Morgan fingerprint density at radius 3 is 2.95 bits per heavy atom. The molecule has 0 aliphatic carbocycles. The minimum atomic E-state index is -0.483. The lowest BCUT2D eigenvalue weighted by Crippen LogP contribution is -2.33. The Morgan fingerprint density at radius 2 is 2.32 bits per heavy atom.